The molecule has 3 N–H and O–H groups in total. The molecule has 0 bridgehead atoms. The smallest absolute Gasteiger partial charge is 0.265 e. The molecule has 7 heteroatoms. The largest absolute Gasteiger partial charge is 0.382 e. The zero-order chi connectivity index (χ0) is 15.4. The van der Waals surface area contributed by atoms with Gasteiger partial charge in [-0.1, -0.05) is 11.3 Å². The number of nitrogens with two attached hydrogens (primary N) is 1. The van der Waals surface area contributed by atoms with E-state index >= 15 is 0 Å². The third kappa shape index (κ3) is 3.85. The first kappa shape index (κ1) is 16.0. The monoisotopic (exact) mass is 311 g/mol. The van der Waals surface area contributed by atoms with Crippen LogP contribution in [0.3, 0.4) is 0 Å². The molecule has 6 nitrogen and oxygen atoms in total. The van der Waals surface area contributed by atoms with Gasteiger partial charge in [0.15, 0.2) is 5.13 Å². The summed E-state index contributed by atoms with van der Waals surface area (Å²) in [5.74, 6) is 0.202. The molecule has 0 radical (unpaired) electrons. The van der Waals surface area contributed by atoms with Gasteiger partial charge in [-0.2, -0.15) is 0 Å². The van der Waals surface area contributed by atoms with E-state index in [1.165, 1.54) is 24.2 Å². The molecule has 0 spiro atoms. The Morgan fingerprint density at radius 2 is 2.19 bits per heavy atom. The Kier molecular flexibility index (Phi) is 5.41. The van der Waals surface area contributed by atoms with Crippen molar-refractivity contribution in [1.82, 2.24) is 15.2 Å². The first-order chi connectivity index (χ1) is 10.0. The summed E-state index contributed by atoms with van der Waals surface area (Å²) in [7, 11) is 1.94. The van der Waals surface area contributed by atoms with Crippen molar-refractivity contribution in [2.45, 2.75) is 32.7 Å². The summed E-state index contributed by atoms with van der Waals surface area (Å²) in [5, 5.41) is 3.76. The van der Waals surface area contributed by atoms with Gasteiger partial charge in [0.05, 0.1) is 0 Å². The number of anilines is 2. The lowest BCUT2D eigenvalue weighted by atomic mass is 10.3. The van der Waals surface area contributed by atoms with Gasteiger partial charge in [-0.25, -0.2) is 4.98 Å². The predicted octanol–water partition coefficient (Wildman–Crippen LogP) is 1.40. The second-order valence-corrected chi connectivity index (χ2v) is 6.50. The van der Waals surface area contributed by atoms with E-state index in [2.05, 4.69) is 22.1 Å². The van der Waals surface area contributed by atoms with Gasteiger partial charge in [-0.15, -0.1) is 0 Å². The molecule has 118 valence electrons. The Morgan fingerprint density at radius 3 is 2.81 bits per heavy atom. The molecule has 1 aliphatic heterocycles. The average Bonchev–Trinajstić information content (AvgIpc) is 3.12. The molecule has 0 aliphatic carbocycles. The normalized spacial score (nSPS) is 16.9. The third-order valence-electron chi connectivity index (χ3n) is 3.97. The van der Waals surface area contributed by atoms with Crippen LogP contribution in [0.5, 0.6) is 0 Å². The second kappa shape index (κ2) is 7.09. The number of nitrogens with zero attached hydrogens (tertiary/aromatic N) is 3. The van der Waals surface area contributed by atoms with Crippen molar-refractivity contribution in [3.63, 3.8) is 0 Å². The summed E-state index contributed by atoms with van der Waals surface area (Å²) >= 11 is 1.35. The highest BCUT2D eigenvalue weighted by molar-refractivity contribution is 7.18. The first-order valence-electron chi connectivity index (χ1n) is 7.52. The van der Waals surface area contributed by atoms with Crippen LogP contribution in [0.1, 0.15) is 36.4 Å². The maximum atomic E-state index is 12.3. The third-order valence-corrected chi connectivity index (χ3v) is 5.16. The highest BCUT2D eigenvalue weighted by Crippen LogP contribution is 2.27. The number of hydrogen-bond donors (Lipinski definition) is 2. The number of nitrogen functional groups attached to an aromatic ring is 1. The van der Waals surface area contributed by atoms with Crippen molar-refractivity contribution in [2.24, 2.45) is 0 Å². The van der Waals surface area contributed by atoms with Crippen molar-refractivity contribution in [3.8, 4) is 0 Å². The number of aromatic nitrogens is 1. The summed E-state index contributed by atoms with van der Waals surface area (Å²) in [6.07, 6.45) is 2.51. The van der Waals surface area contributed by atoms with E-state index in [0.717, 1.165) is 24.8 Å². The predicted molar refractivity (Wildman–Crippen MR) is 88.1 cm³/mol. The van der Waals surface area contributed by atoms with Crippen LogP contribution in [0.4, 0.5) is 10.9 Å². The quantitative estimate of drug-likeness (QED) is 0.830. The van der Waals surface area contributed by atoms with Gasteiger partial charge in [-0.3, -0.25) is 9.69 Å². The summed E-state index contributed by atoms with van der Waals surface area (Å²) in [6.45, 7) is 7.93. The molecule has 1 aliphatic rings. The number of rotatable bonds is 6. The van der Waals surface area contributed by atoms with Gasteiger partial charge < -0.3 is 16.0 Å². The molecule has 1 fully saturated rings. The number of amides is 1. The Morgan fingerprint density at radius 1 is 1.52 bits per heavy atom. The van der Waals surface area contributed by atoms with E-state index in [-0.39, 0.29) is 5.91 Å². The lowest BCUT2D eigenvalue weighted by Crippen LogP contribution is -2.40. The van der Waals surface area contributed by atoms with Crippen LogP contribution >= 0.6 is 11.3 Å². The number of nitrogens with one attached hydrogen (secondary N) is 1. The lowest BCUT2D eigenvalue weighted by Gasteiger charge is -2.23. The van der Waals surface area contributed by atoms with E-state index in [9.17, 15) is 4.79 Å². The van der Waals surface area contributed by atoms with Crippen LogP contribution < -0.4 is 16.0 Å². The maximum absolute atomic E-state index is 12.3. The number of hydrogen-bond acceptors (Lipinski definition) is 6. The van der Waals surface area contributed by atoms with E-state index in [4.69, 9.17) is 5.73 Å². The minimum Gasteiger partial charge on any atom is -0.382 e. The van der Waals surface area contributed by atoms with Crippen molar-refractivity contribution in [2.75, 3.05) is 43.9 Å². The van der Waals surface area contributed by atoms with Crippen molar-refractivity contribution < 1.29 is 4.79 Å². The fourth-order valence-electron chi connectivity index (χ4n) is 2.41. The minimum atomic E-state index is -0.119. The Hall–Kier alpha value is -1.34. The first-order valence-corrected chi connectivity index (χ1v) is 8.34. The molecule has 2 rings (SSSR count). The molecular weight excluding hydrogens is 286 g/mol. The summed E-state index contributed by atoms with van der Waals surface area (Å²) in [6, 6.07) is 0.364. The van der Waals surface area contributed by atoms with Crippen molar-refractivity contribution in [3.05, 3.63) is 4.88 Å². The number of thiazole rings is 1. The van der Waals surface area contributed by atoms with E-state index in [0.29, 0.717) is 23.3 Å². The van der Waals surface area contributed by atoms with Crippen LogP contribution in [0, 0.1) is 0 Å². The number of likely N-dealkylation sites (tertiary alicyclic amines) is 1. The second-order valence-electron chi connectivity index (χ2n) is 5.53. The zero-order valence-corrected chi connectivity index (χ0v) is 13.9. The van der Waals surface area contributed by atoms with Crippen LogP contribution in [-0.4, -0.2) is 55.1 Å². The van der Waals surface area contributed by atoms with E-state index < -0.39 is 0 Å². The summed E-state index contributed by atoms with van der Waals surface area (Å²) < 4.78 is 0. The van der Waals surface area contributed by atoms with Crippen LogP contribution in [0.25, 0.3) is 0 Å². The Labute approximate surface area is 130 Å². The van der Waals surface area contributed by atoms with Crippen LogP contribution in [0.15, 0.2) is 0 Å². The fraction of sp³-hybridized carbons (Fsp3) is 0.714. The summed E-state index contributed by atoms with van der Waals surface area (Å²) in [4.78, 5) is 21.4. The molecule has 1 atom stereocenters. The molecule has 1 saturated heterocycles. The molecule has 1 aromatic heterocycles. The Balaban J connectivity index is 1.92. The van der Waals surface area contributed by atoms with E-state index in [1.807, 2.05) is 18.9 Å². The fourth-order valence-corrected chi connectivity index (χ4v) is 3.34. The number of carbonyl (C=O) groups excluding carboxylic acids is 1. The van der Waals surface area contributed by atoms with Gasteiger partial charge in [-0.05, 0) is 39.8 Å². The number of carbonyl (C=O) groups is 1. The minimum absolute atomic E-state index is 0.119. The molecular formula is C14H25N5OS. The standard InChI is InChI=1S/C14H25N5OS/c1-4-18(3)14-17-12(15)11(21-14)13(20)16-9-10(2)19-7-5-6-8-19/h10H,4-9,15H2,1-3H3,(H,16,20). The van der Waals surface area contributed by atoms with Crippen LogP contribution in [-0.2, 0) is 0 Å². The molecule has 1 aromatic rings. The zero-order valence-electron chi connectivity index (χ0n) is 13.1. The van der Waals surface area contributed by atoms with Crippen molar-refractivity contribution in [1.29, 1.82) is 0 Å². The lowest BCUT2D eigenvalue weighted by molar-refractivity contribution is 0.0945. The van der Waals surface area contributed by atoms with Gasteiger partial charge in [0.2, 0.25) is 0 Å². The van der Waals surface area contributed by atoms with Gasteiger partial charge in [0.1, 0.15) is 10.7 Å². The van der Waals surface area contributed by atoms with Gasteiger partial charge in [0, 0.05) is 26.2 Å². The molecule has 21 heavy (non-hydrogen) atoms. The van der Waals surface area contributed by atoms with Crippen molar-refractivity contribution >= 4 is 28.2 Å². The highest BCUT2D eigenvalue weighted by atomic mass is 32.1. The topological polar surface area (TPSA) is 74.5 Å². The van der Waals surface area contributed by atoms with Crippen LogP contribution in [0.2, 0.25) is 0 Å². The van der Waals surface area contributed by atoms with Gasteiger partial charge >= 0.3 is 0 Å². The van der Waals surface area contributed by atoms with E-state index in [1.54, 1.807) is 0 Å². The molecule has 1 unspecified atom stereocenters. The molecule has 0 aromatic carbocycles. The van der Waals surface area contributed by atoms with Gasteiger partial charge in [0.25, 0.3) is 5.91 Å². The average molecular weight is 311 g/mol. The maximum Gasteiger partial charge on any atom is 0.265 e. The molecule has 1 amide bonds. The molecule has 2 heterocycles. The molecule has 0 saturated carbocycles. The highest BCUT2D eigenvalue weighted by Gasteiger charge is 2.21. The Bertz CT molecular complexity index is 484. The summed E-state index contributed by atoms with van der Waals surface area (Å²) in [5.41, 5.74) is 5.86. The SMILES string of the molecule is CCN(C)c1nc(N)c(C(=O)NCC(C)N2CCCC2)s1.